The molecule has 1 aromatic rings. The molecule has 0 bridgehead atoms. The van der Waals surface area contributed by atoms with Gasteiger partial charge in [0.1, 0.15) is 0 Å². The highest BCUT2D eigenvalue weighted by molar-refractivity contribution is 6.17. The van der Waals surface area contributed by atoms with E-state index < -0.39 is 0 Å². The molecule has 1 aliphatic rings. The average molecular weight is 254 g/mol. The number of anilines is 1. The zero-order valence-corrected chi connectivity index (χ0v) is 11.3. The van der Waals surface area contributed by atoms with Crippen molar-refractivity contribution in [2.24, 2.45) is 0 Å². The van der Waals surface area contributed by atoms with Crippen molar-refractivity contribution >= 4 is 17.3 Å². The molecule has 17 heavy (non-hydrogen) atoms. The highest BCUT2D eigenvalue weighted by atomic mass is 35.5. The molecule has 94 valence electrons. The smallest absolute Gasteiger partial charge is 0.0670 e. The Labute approximate surface area is 109 Å². The molecule has 0 radical (unpaired) electrons. The third-order valence-corrected chi connectivity index (χ3v) is 3.68. The van der Waals surface area contributed by atoms with Crippen molar-refractivity contribution in [3.63, 3.8) is 0 Å². The van der Waals surface area contributed by atoms with E-state index >= 15 is 0 Å². The van der Waals surface area contributed by atoms with Crippen LogP contribution in [0.3, 0.4) is 0 Å². The van der Waals surface area contributed by atoms with Crippen molar-refractivity contribution in [3.8, 4) is 0 Å². The Morgan fingerprint density at radius 2 is 2.29 bits per heavy atom. The second-order valence-electron chi connectivity index (χ2n) is 4.60. The number of aryl methyl sites for hydroxylation is 1. The first-order valence-electron chi connectivity index (χ1n) is 6.26. The maximum Gasteiger partial charge on any atom is 0.0670 e. The normalized spacial score (nSPS) is 20.6. The first kappa shape index (κ1) is 12.7. The molecule has 1 heterocycles. The Kier molecular flexibility index (Phi) is 4.30. The van der Waals surface area contributed by atoms with Gasteiger partial charge in [-0.05, 0) is 25.0 Å². The fourth-order valence-electron chi connectivity index (χ4n) is 2.41. The van der Waals surface area contributed by atoms with E-state index in [0.717, 1.165) is 26.2 Å². The number of rotatable bonds is 3. The molecule has 0 saturated carbocycles. The van der Waals surface area contributed by atoms with Gasteiger partial charge < -0.3 is 9.64 Å². The van der Waals surface area contributed by atoms with Crippen LogP contribution in [-0.4, -0.2) is 25.8 Å². The van der Waals surface area contributed by atoms with Gasteiger partial charge in [-0.15, -0.1) is 11.6 Å². The number of alkyl halides is 1. The summed E-state index contributed by atoms with van der Waals surface area (Å²) in [6.07, 6.45) is 1.11. The highest BCUT2D eigenvalue weighted by Crippen LogP contribution is 2.27. The fourth-order valence-corrected chi connectivity index (χ4v) is 2.63. The Morgan fingerprint density at radius 1 is 1.47 bits per heavy atom. The summed E-state index contributed by atoms with van der Waals surface area (Å²) >= 11 is 6.06. The summed E-state index contributed by atoms with van der Waals surface area (Å²) in [4.78, 5) is 2.45. The van der Waals surface area contributed by atoms with Crippen molar-refractivity contribution in [2.75, 3.05) is 24.7 Å². The molecule has 2 rings (SSSR count). The van der Waals surface area contributed by atoms with E-state index in [0.29, 0.717) is 11.9 Å². The summed E-state index contributed by atoms with van der Waals surface area (Å²) in [7, 11) is 0. The Bertz CT molecular complexity index is 380. The van der Waals surface area contributed by atoms with Gasteiger partial charge in [0.05, 0.1) is 19.3 Å². The maximum absolute atomic E-state index is 6.06. The van der Waals surface area contributed by atoms with Crippen molar-refractivity contribution in [1.82, 2.24) is 0 Å². The summed E-state index contributed by atoms with van der Waals surface area (Å²) < 4.78 is 5.55. The molecular weight excluding hydrogens is 234 g/mol. The van der Waals surface area contributed by atoms with Gasteiger partial charge in [-0.1, -0.05) is 24.6 Å². The van der Waals surface area contributed by atoms with Crippen molar-refractivity contribution < 1.29 is 4.74 Å². The highest BCUT2D eigenvalue weighted by Gasteiger charge is 2.23. The molecule has 2 nitrogen and oxygen atoms in total. The zero-order valence-electron chi connectivity index (χ0n) is 10.6. The first-order valence-corrected chi connectivity index (χ1v) is 6.79. The van der Waals surface area contributed by atoms with Gasteiger partial charge in [0, 0.05) is 18.1 Å². The number of morpholine rings is 1. The van der Waals surface area contributed by atoms with Crippen molar-refractivity contribution in [1.29, 1.82) is 0 Å². The van der Waals surface area contributed by atoms with E-state index in [-0.39, 0.29) is 0 Å². The third kappa shape index (κ3) is 2.75. The van der Waals surface area contributed by atoms with Crippen LogP contribution in [0, 0.1) is 6.92 Å². The summed E-state index contributed by atoms with van der Waals surface area (Å²) in [5.74, 6) is 0.574. The van der Waals surface area contributed by atoms with E-state index in [2.05, 4.69) is 36.9 Å². The maximum atomic E-state index is 6.06. The first-order chi connectivity index (χ1) is 8.26. The molecule has 1 aliphatic heterocycles. The topological polar surface area (TPSA) is 12.5 Å². The quantitative estimate of drug-likeness (QED) is 0.766. The summed E-state index contributed by atoms with van der Waals surface area (Å²) in [6.45, 7) is 6.92. The van der Waals surface area contributed by atoms with Crippen molar-refractivity contribution in [2.45, 2.75) is 32.2 Å². The summed E-state index contributed by atoms with van der Waals surface area (Å²) in [5.41, 5.74) is 3.78. The van der Waals surface area contributed by atoms with Crippen molar-refractivity contribution in [3.05, 3.63) is 29.3 Å². The van der Waals surface area contributed by atoms with Crippen LogP contribution in [0.4, 0.5) is 5.69 Å². The molecule has 1 fully saturated rings. The van der Waals surface area contributed by atoms with Gasteiger partial charge in [0.2, 0.25) is 0 Å². The molecule has 0 aliphatic carbocycles. The lowest BCUT2D eigenvalue weighted by atomic mass is 10.1. The molecular formula is C14H20ClNO. The average Bonchev–Trinajstić information content (AvgIpc) is 2.38. The lowest BCUT2D eigenvalue weighted by Crippen LogP contribution is -2.45. The molecule has 1 aromatic carbocycles. The molecule has 1 atom stereocenters. The predicted octanol–water partition coefficient (Wildman–Crippen LogP) is 3.35. The van der Waals surface area contributed by atoms with Crippen LogP contribution in [-0.2, 0) is 10.6 Å². The van der Waals surface area contributed by atoms with Crippen LogP contribution in [0.5, 0.6) is 0 Å². The van der Waals surface area contributed by atoms with Gasteiger partial charge in [-0.2, -0.15) is 0 Å². The van der Waals surface area contributed by atoms with Crippen LogP contribution in [0.2, 0.25) is 0 Å². The Hall–Kier alpha value is -0.730. The molecule has 1 saturated heterocycles. The number of nitrogens with zero attached hydrogens (tertiary/aromatic N) is 1. The van der Waals surface area contributed by atoms with Crippen LogP contribution < -0.4 is 4.90 Å². The minimum atomic E-state index is 0.480. The number of halogens is 1. The summed E-state index contributed by atoms with van der Waals surface area (Å²) in [6, 6.07) is 7.02. The minimum absolute atomic E-state index is 0.480. The van der Waals surface area contributed by atoms with E-state index in [1.54, 1.807) is 0 Å². The van der Waals surface area contributed by atoms with Crippen LogP contribution in [0.25, 0.3) is 0 Å². The van der Waals surface area contributed by atoms with Gasteiger partial charge in [-0.3, -0.25) is 0 Å². The number of benzene rings is 1. The molecule has 1 unspecified atom stereocenters. The molecule has 0 amide bonds. The molecule has 0 N–H and O–H groups in total. The Morgan fingerprint density at radius 3 is 3.00 bits per heavy atom. The SMILES string of the molecule is CCC1COCCN1c1ccc(C)cc1CCl. The van der Waals surface area contributed by atoms with Gasteiger partial charge >= 0.3 is 0 Å². The summed E-state index contributed by atoms with van der Waals surface area (Å²) in [5, 5.41) is 0. The van der Waals surface area contributed by atoms with Crippen LogP contribution in [0.1, 0.15) is 24.5 Å². The van der Waals surface area contributed by atoms with Crippen LogP contribution in [0.15, 0.2) is 18.2 Å². The fraction of sp³-hybridized carbons (Fsp3) is 0.571. The number of ether oxygens (including phenoxy) is 1. The lowest BCUT2D eigenvalue weighted by Gasteiger charge is -2.38. The third-order valence-electron chi connectivity index (χ3n) is 3.39. The number of hydrogen-bond acceptors (Lipinski definition) is 2. The number of hydrogen-bond donors (Lipinski definition) is 0. The van der Waals surface area contributed by atoms with Gasteiger partial charge in [0.15, 0.2) is 0 Å². The standard InChI is InChI=1S/C14H20ClNO/c1-3-13-10-17-7-6-16(13)14-5-4-11(2)8-12(14)9-15/h4-5,8,13H,3,6-7,9-10H2,1-2H3. The van der Waals surface area contributed by atoms with E-state index in [9.17, 15) is 0 Å². The molecule has 0 spiro atoms. The second kappa shape index (κ2) is 5.74. The van der Waals surface area contributed by atoms with E-state index in [1.807, 2.05) is 0 Å². The largest absolute Gasteiger partial charge is 0.377 e. The van der Waals surface area contributed by atoms with E-state index in [1.165, 1.54) is 16.8 Å². The molecule has 0 aromatic heterocycles. The molecule has 3 heteroatoms. The monoisotopic (exact) mass is 253 g/mol. The predicted molar refractivity (Wildman–Crippen MR) is 73.0 cm³/mol. The Balaban J connectivity index is 2.30. The second-order valence-corrected chi connectivity index (χ2v) is 4.86. The van der Waals surface area contributed by atoms with Gasteiger partial charge in [0.25, 0.3) is 0 Å². The van der Waals surface area contributed by atoms with Crippen LogP contribution >= 0.6 is 11.6 Å². The van der Waals surface area contributed by atoms with E-state index in [4.69, 9.17) is 16.3 Å². The van der Waals surface area contributed by atoms with Gasteiger partial charge in [-0.25, -0.2) is 0 Å². The lowest BCUT2D eigenvalue weighted by molar-refractivity contribution is 0.0929. The minimum Gasteiger partial charge on any atom is -0.377 e. The zero-order chi connectivity index (χ0) is 12.3.